The van der Waals surface area contributed by atoms with Gasteiger partial charge in [0.2, 0.25) is 0 Å². The molecule has 134 valence electrons. The molecule has 3 atom stereocenters. The number of benzene rings is 2. The third kappa shape index (κ3) is 4.52. The second-order valence-corrected chi connectivity index (χ2v) is 8.24. The third-order valence-corrected chi connectivity index (χ3v) is 6.79. The van der Waals surface area contributed by atoms with Crippen molar-refractivity contribution in [1.82, 2.24) is 0 Å². The van der Waals surface area contributed by atoms with Gasteiger partial charge in [0.05, 0.1) is 0 Å². The van der Waals surface area contributed by atoms with E-state index in [-0.39, 0.29) is 27.2 Å². The van der Waals surface area contributed by atoms with Gasteiger partial charge in [-0.2, -0.15) is 0 Å². The summed E-state index contributed by atoms with van der Waals surface area (Å²) < 4.78 is 20.2. The van der Waals surface area contributed by atoms with E-state index in [1.54, 1.807) is 0 Å². The van der Waals surface area contributed by atoms with Crippen molar-refractivity contribution in [1.29, 1.82) is 0 Å². The van der Waals surface area contributed by atoms with Gasteiger partial charge in [0.15, 0.2) is 0 Å². The van der Waals surface area contributed by atoms with E-state index in [2.05, 4.69) is 54.6 Å². The normalized spacial score (nSPS) is 26.0. The van der Waals surface area contributed by atoms with Crippen LogP contribution in [0.4, 0.5) is 0 Å². The quantitative estimate of drug-likeness (QED) is 0.627. The van der Waals surface area contributed by atoms with Crippen LogP contribution in [0.15, 0.2) is 60.7 Å². The zero-order valence-corrected chi connectivity index (χ0v) is 16.6. The topological polar surface area (TPSA) is 27.7 Å². The molecule has 0 unspecified atom stereocenters. The molecule has 0 aromatic heterocycles. The van der Waals surface area contributed by atoms with Gasteiger partial charge in [-0.05, 0) is 0 Å². The van der Waals surface area contributed by atoms with Crippen LogP contribution in [-0.4, -0.2) is 40.1 Å². The molecule has 2 aromatic carbocycles. The summed E-state index contributed by atoms with van der Waals surface area (Å²) in [6, 6.07) is 21.0. The van der Waals surface area contributed by atoms with Crippen molar-refractivity contribution in [3.63, 3.8) is 0 Å². The predicted octanol–water partition coefficient (Wildman–Crippen LogP) is 3.73. The van der Waals surface area contributed by atoms with Crippen LogP contribution < -0.4 is 4.46 Å². The van der Waals surface area contributed by atoms with Crippen molar-refractivity contribution in [2.75, 3.05) is 13.2 Å². The number of hydrogen-bond donors (Lipinski definition) is 0. The van der Waals surface area contributed by atoms with Crippen molar-refractivity contribution in [3.8, 4) is 0 Å². The van der Waals surface area contributed by atoms with Gasteiger partial charge in [-0.3, -0.25) is 0 Å². The summed E-state index contributed by atoms with van der Waals surface area (Å²) >= 11 is 0.275. The van der Waals surface area contributed by atoms with E-state index < -0.39 is 5.79 Å². The predicted molar refractivity (Wildman–Crippen MR) is 101 cm³/mol. The van der Waals surface area contributed by atoms with E-state index in [1.807, 2.05) is 19.9 Å². The first-order chi connectivity index (χ1) is 12.3. The van der Waals surface area contributed by atoms with Gasteiger partial charge in [0.25, 0.3) is 0 Å². The standard InChI is InChI=1S/C21H26O3Se/c1-3-22-20-15-19(17-11-7-5-8-12-17)24-21(20,23-4-2)16-25-18-13-9-6-10-14-18/h5-14,19-20H,3-4,15-16H2,1-2H3/t19-,20+,21+/m1/s1. The van der Waals surface area contributed by atoms with Crippen molar-refractivity contribution < 1.29 is 14.2 Å². The maximum absolute atomic E-state index is 6.53. The van der Waals surface area contributed by atoms with Gasteiger partial charge in [-0.1, -0.05) is 0 Å². The summed E-state index contributed by atoms with van der Waals surface area (Å²) in [5.74, 6) is -0.652. The Kier molecular flexibility index (Phi) is 6.69. The first-order valence-corrected chi connectivity index (χ1v) is 11.0. The Morgan fingerprint density at radius 3 is 2.32 bits per heavy atom. The summed E-state index contributed by atoms with van der Waals surface area (Å²) in [5, 5.41) is 0.853. The van der Waals surface area contributed by atoms with Gasteiger partial charge < -0.3 is 0 Å². The molecular weight excluding hydrogens is 379 g/mol. The molecule has 1 aliphatic rings. The Morgan fingerprint density at radius 2 is 1.68 bits per heavy atom. The molecular formula is C21H26O3Se. The molecule has 0 radical (unpaired) electrons. The van der Waals surface area contributed by atoms with E-state index >= 15 is 0 Å². The van der Waals surface area contributed by atoms with Gasteiger partial charge in [0.1, 0.15) is 0 Å². The first-order valence-electron chi connectivity index (χ1n) is 8.93. The van der Waals surface area contributed by atoms with Crippen molar-refractivity contribution >= 4 is 19.4 Å². The summed E-state index contributed by atoms with van der Waals surface area (Å²) in [7, 11) is 0. The minimum atomic E-state index is -0.652. The molecule has 0 spiro atoms. The van der Waals surface area contributed by atoms with Crippen LogP contribution in [0.5, 0.6) is 0 Å². The summed E-state index contributed by atoms with van der Waals surface area (Å²) in [6.07, 6.45) is 0.826. The van der Waals surface area contributed by atoms with Crippen LogP contribution in [-0.2, 0) is 14.2 Å². The van der Waals surface area contributed by atoms with E-state index in [9.17, 15) is 0 Å². The molecule has 0 N–H and O–H groups in total. The zero-order chi connectivity index (χ0) is 17.5. The van der Waals surface area contributed by atoms with E-state index in [4.69, 9.17) is 14.2 Å². The molecule has 3 rings (SSSR count). The fourth-order valence-electron chi connectivity index (χ4n) is 3.25. The van der Waals surface area contributed by atoms with Crippen LogP contribution in [0, 0.1) is 0 Å². The summed E-state index contributed by atoms with van der Waals surface area (Å²) in [6.45, 7) is 5.35. The molecule has 2 aromatic rings. The monoisotopic (exact) mass is 406 g/mol. The zero-order valence-electron chi connectivity index (χ0n) is 14.9. The molecule has 1 heterocycles. The van der Waals surface area contributed by atoms with Crippen LogP contribution in [0.1, 0.15) is 31.9 Å². The molecule has 1 fully saturated rings. The molecule has 0 saturated carbocycles. The fourth-order valence-corrected chi connectivity index (χ4v) is 5.46. The molecule has 0 bridgehead atoms. The number of rotatable bonds is 8. The van der Waals surface area contributed by atoms with Crippen LogP contribution >= 0.6 is 0 Å². The third-order valence-electron chi connectivity index (χ3n) is 4.37. The number of ether oxygens (including phenoxy) is 3. The molecule has 3 nitrogen and oxygen atoms in total. The molecule has 0 aliphatic carbocycles. The number of hydrogen-bond acceptors (Lipinski definition) is 3. The summed E-state index contributed by atoms with van der Waals surface area (Å²) in [4.78, 5) is 0. The van der Waals surface area contributed by atoms with Crippen molar-refractivity contribution in [3.05, 3.63) is 66.2 Å². The van der Waals surface area contributed by atoms with E-state index in [0.717, 1.165) is 11.7 Å². The SMILES string of the molecule is CCO[C@H]1C[C@H](c2ccccc2)O[C@]1(C[Se]c1ccccc1)OCC. The van der Waals surface area contributed by atoms with Crippen molar-refractivity contribution in [2.45, 2.75) is 43.6 Å². The van der Waals surface area contributed by atoms with Crippen LogP contribution in [0.2, 0.25) is 5.32 Å². The second-order valence-electron chi connectivity index (χ2n) is 6.04. The average Bonchev–Trinajstić information content (AvgIpc) is 3.01. The Morgan fingerprint density at radius 1 is 1.00 bits per heavy atom. The van der Waals surface area contributed by atoms with Gasteiger partial charge in [-0.15, -0.1) is 0 Å². The Hall–Kier alpha value is -1.16. The van der Waals surface area contributed by atoms with E-state index in [1.165, 1.54) is 10.0 Å². The van der Waals surface area contributed by atoms with Crippen molar-refractivity contribution in [2.24, 2.45) is 0 Å². The Balaban J connectivity index is 1.80. The second kappa shape index (κ2) is 8.97. The van der Waals surface area contributed by atoms with E-state index in [0.29, 0.717) is 13.2 Å². The molecule has 25 heavy (non-hydrogen) atoms. The van der Waals surface area contributed by atoms with Crippen LogP contribution in [0.3, 0.4) is 0 Å². The first kappa shape index (κ1) is 18.6. The average molecular weight is 405 g/mol. The van der Waals surface area contributed by atoms with Crippen LogP contribution in [0.25, 0.3) is 0 Å². The molecule has 0 amide bonds. The van der Waals surface area contributed by atoms with Gasteiger partial charge >= 0.3 is 157 Å². The minimum absolute atomic E-state index is 0.0240. The Labute approximate surface area is 156 Å². The maximum atomic E-state index is 6.53. The fraction of sp³-hybridized carbons (Fsp3) is 0.429. The van der Waals surface area contributed by atoms with Gasteiger partial charge in [0, 0.05) is 0 Å². The molecule has 4 heteroatoms. The van der Waals surface area contributed by atoms with Gasteiger partial charge in [-0.25, -0.2) is 0 Å². The molecule has 1 saturated heterocycles. The molecule has 1 aliphatic heterocycles. The summed E-state index contributed by atoms with van der Waals surface area (Å²) in [5.41, 5.74) is 1.20. The Bertz CT molecular complexity index is 634.